The number of nitrogens with zero attached hydrogens (tertiary/aromatic N) is 3. The molecule has 1 aromatic carbocycles. The van der Waals surface area contributed by atoms with Crippen LogP contribution < -0.4 is 10.6 Å². The summed E-state index contributed by atoms with van der Waals surface area (Å²) in [6.07, 6.45) is 3.52. The fourth-order valence-electron chi connectivity index (χ4n) is 2.74. The van der Waals surface area contributed by atoms with Crippen molar-refractivity contribution in [1.29, 1.82) is 0 Å². The van der Waals surface area contributed by atoms with Crippen LogP contribution in [0.3, 0.4) is 0 Å². The molecule has 5 nitrogen and oxygen atoms in total. The van der Waals surface area contributed by atoms with Gasteiger partial charge in [0.2, 0.25) is 5.95 Å². The number of hydrogen-bond acceptors (Lipinski definition) is 5. The Kier molecular flexibility index (Phi) is 5.38. The third-order valence-corrected chi connectivity index (χ3v) is 4.09. The summed E-state index contributed by atoms with van der Waals surface area (Å²) in [7, 11) is 0. The SMILES string of the molecule is Cc1cc(Cl)cc(C)c1Nc1cc(-c2ccncc2)nc(NC(C)C)n1. The predicted octanol–water partition coefficient (Wildman–Crippen LogP) is 5.37. The number of rotatable bonds is 5. The molecule has 2 heterocycles. The minimum atomic E-state index is 0.231. The Bertz CT molecular complexity index is 886. The highest BCUT2D eigenvalue weighted by Gasteiger charge is 2.11. The minimum Gasteiger partial charge on any atom is -0.352 e. The zero-order valence-corrected chi connectivity index (χ0v) is 16.1. The maximum absolute atomic E-state index is 6.14. The van der Waals surface area contributed by atoms with Gasteiger partial charge in [-0.2, -0.15) is 4.98 Å². The quantitative estimate of drug-likeness (QED) is 0.634. The lowest BCUT2D eigenvalue weighted by atomic mass is 10.1. The van der Waals surface area contributed by atoms with Crippen LogP contribution in [0, 0.1) is 13.8 Å². The van der Waals surface area contributed by atoms with Crippen molar-refractivity contribution in [3.63, 3.8) is 0 Å². The van der Waals surface area contributed by atoms with Gasteiger partial charge in [0.25, 0.3) is 0 Å². The Morgan fingerprint density at radius 2 is 1.62 bits per heavy atom. The molecule has 0 atom stereocenters. The van der Waals surface area contributed by atoms with Crippen molar-refractivity contribution in [2.75, 3.05) is 10.6 Å². The summed E-state index contributed by atoms with van der Waals surface area (Å²) in [6, 6.07) is 9.92. The first kappa shape index (κ1) is 18.1. The second-order valence-electron chi connectivity index (χ2n) is 6.54. The van der Waals surface area contributed by atoms with Gasteiger partial charge < -0.3 is 10.6 Å². The molecule has 0 saturated carbocycles. The minimum absolute atomic E-state index is 0.231. The predicted molar refractivity (Wildman–Crippen MR) is 108 cm³/mol. The maximum Gasteiger partial charge on any atom is 0.225 e. The standard InChI is InChI=1S/C20H22ClN5/c1-12(2)23-20-24-17(15-5-7-22-8-6-15)11-18(26-20)25-19-13(3)9-16(21)10-14(19)4/h5-12H,1-4H3,(H2,23,24,25,26). The van der Waals surface area contributed by atoms with E-state index in [1.54, 1.807) is 12.4 Å². The van der Waals surface area contributed by atoms with Gasteiger partial charge in [-0.3, -0.25) is 4.98 Å². The van der Waals surface area contributed by atoms with E-state index in [0.717, 1.165) is 38.9 Å². The van der Waals surface area contributed by atoms with Crippen LogP contribution in [0.2, 0.25) is 5.02 Å². The molecule has 3 aromatic rings. The molecule has 0 aliphatic rings. The van der Waals surface area contributed by atoms with Gasteiger partial charge in [0.05, 0.1) is 5.69 Å². The molecule has 0 radical (unpaired) electrons. The van der Waals surface area contributed by atoms with Crippen molar-refractivity contribution >= 4 is 29.1 Å². The average molecular weight is 368 g/mol. The van der Waals surface area contributed by atoms with Crippen LogP contribution in [0.1, 0.15) is 25.0 Å². The molecule has 6 heteroatoms. The number of aromatic nitrogens is 3. The molecule has 2 N–H and O–H groups in total. The van der Waals surface area contributed by atoms with Crippen LogP contribution in [-0.2, 0) is 0 Å². The Balaban J connectivity index is 2.03. The lowest BCUT2D eigenvalue weighted by Crippen LogP contribution is -2.13. The average Bonchev–Trinajstić information content (AvgIpc) is 2.58. The van der Waals surface area contributed by atoms with Crippen LogP contribution in [0.5, 0.6) is 0 Å². The lowest BCUT2D eigenvalue weighted by Gasteiger charge is -2.16. The molecule has 3 rings (SSSR count). The summed E-state index contributed by atoms with van der Waals surface area (Å²) in [5, 5.41) is 7.44. The van der Waals surface area contributed by atoms with Crippen LogP contribution >= 0.6 is 11.6 Å². The van der Waals surface area contributed by atoms with E-state index >= 15 is 0 Å². The molecule has 0 amide bonds. The van der Waals surface area contributed by atoms with Crippen molar-refractivity contribution in [1.82, 2.24) is 15.0 Å². The van der Waals surface area contributed by atoms with Crippen LogP contribution in [-0.4, -0.2) is 21.0 Å². The van der Waals surface area contributed by atoms with E-state index in [0.29, 0.717) is 5.95 Å². The molecule has 0 spiro atoms. The number of benzene rings is 1. The number of aryl methyl sites for hydroxylation is 2. The Morgan fingerprint density at radius 3 is 2.23 bits per heavy atom. The molecular formula is C20H22ClN5. The first-order valence-electron chi connectivity index (χ1n) is 8.52. The van der Waals surface area contributed by atoms with E-state index < -0.39 is 0 Å². The highest BCUT2D eigenvalue weighted by Crippen LogP contribution is 2.29. The zero-order chi connectivity index (χ0) is 18.7. The van der Waals surface area contributed by atoms with Crippen LogP contribution in [0.15, 0.2) is 42.7 Å². The van der Waals surface area contributed by atoms with E-state index in [2.05, 4.69) is 39.4 Å². The first-order chi connectivity index (χ1) is 12.4. The Hall–Kier alpha value is -2.66. The van der Waals surface area contributed by atoms with Crippen molar-refractivity contribution < 1.29 is 0 Å². The summed E-state index contributed by atoms with van der Waals surface area (Å²) in [4.78, 5) is 13.3. The normalized spacial score (nSPS) is 10.8. The third kappa shape index (κ3) is 4.29. The van der Waals surface area contributed by atoms with E-state index in [4.69, 9.17) is 11.6 Å². The molecule has 26 heavy (non-hydrogen) atoms. The van der Waals surface area contributed by atoms with Crippen molar-refractivity contribution in [2.24, 2.45) is 0 Å². The second-order valence-corrected chi connectivity index (χ2v) is 6.97. The molecule has 2 aromatic heterocycles. The highest BCUT2D eigenvalue weighted by molar-refractivity contribution is 6.30. The Morgan fingerprint density at radius 1 is 0.962 bits per heavy atom. The van der Waals surface area contributed by atoms with Gasteiger partial charge in [-0.25, -0.2) is 4.98 Å². The van der Waals surface area contributed by atoms with Crippen molar-refractivity contribution in [2.45, 2.75) is 33.7 Å². The highest BCUT2D eigenvalue weighted by atomic mass is 35.5. The molecule has 0 fully saturated rings. The molecule has 0 unspecified atom stereocenters. The largest absolute Gasteiger partial charge is 0.352 e. The molecule has 0 bridgehead atoms. The first-order valence-corrected chi connectivity index (χ1v) is 8.90. The number of hydrogen-bond donors (Lipinski definition) is 2. The fourth-order valence-corrected chi connectivity index (χ4v) is 3.07. The van der Waals surface area contributed by atoms with E-state index in [-0.39, 0.29) is 6.04 Å². The molecule has 0 aliphatic heterocycles. The smallest absolute Gasteiger partial charge is 0.225 e. The lowest BCUT2D eigenvalue weighted by molar-refractivity contribution is 0.876. The summed E-state index contributed by atoms with van der Waals surface area (Å²) < 4.78 is 0. The summed E-state index contributed by atoms with van der Waals surface area (Å²) >= 11 is 6.14. The monoisotopic (exact) mass is 367 g/mol. The third-order valence-electron chi connectivity index (χ3n) is 3.87. The Labute approximate surface area is 158 Å². The van der Waals surface area contributed by atoms with Gasteiger partial charge in [-0.05, 0) is 63.1 Å². The number of anilines is 3. The van der Waals surface area contributed by atoms with Gasteiger partial charge in [0.15, 0.2) is 0 Å². The van der Waals surface area contributed by atoms with E-state index in [1.165, 1.54) is 0 Å². The maximum atomic E-state index is 6.14. The van der Waals surface area contributed by atoms with Crippen molar-refractivity contribution in [3.05, 3.63) is 58.9 Å². The van der Waals surface area contributed by atoms with Crippen LogP contribution in [0.25, 0.3) is 11.3 Å². The van der Waals surface area contributed by atoms with E-state index in [9.17, 15) is 0 Å². The molecule has 0 aliphatic carbocycles. The van der Waals surface area contributed by atoms with E-state index in [1.807, 2.05) is 44.2 Å². The summed E-state index contributed by atoms with van der Waals surface area (Å²) in [6.45, 7) is 8.17. The topological polar surface area (TPSA) is 62.7 Å². The molecule has 0 saturated heterocycles. The molecule has 134 valence electrons. The number of nitrogens with one attached hydrogen (secondary N) is 2. The summed E-state index contributed by atoms with van der Waals surface area (Å²) in [5.74, 6) is 1.31. The fraction of sp³-hybridized carbons (Fsp3) is 0.250. The van der Waals surface area contributed by atoms with Gasteiger partial charge in [-0.15, -0.1) is 0 Å². The second kappa shape index (κ2) is 7.70. The zero-order valence-electron chi connectivity index (χ0n) is 15.3. The van der Waals surface area contributed by atoms with Gasteiger partial charge in [0, 0.05) is 40.8 Å². The van der Waals surface area contributed by atoms with Gasteiger partial charge in [-0.1, -0.05) is 11.6 Å². The number of halogens is 1. The van der Waals surface area contributed by atoms with Crippen molar-refractivity contribution in [3.8, 4) is 11.3 Å². The van der Waals surface area contributed by atoms with Gasteiger partial charge >= 0.3 is 0 Å². The van der Waals surface area contributed by atoms with Gasteiger partial charge in [0.1, 0.15) is 5.82 Å². The number of pyridine rings is 1. The molecular weight excluding hydrogens is 346 g/mol. The summed E-state index contributed by atoms with van der Waals surface area (Å²) in [5.41, 5.74) is 4.96. The van der Waals surface area contributed by atoms with Crippen LogP contribution in [0.4, 0.5) is 17.5 Å².